The fraction of sp³-hybridized carbons (Fsp3) is 0.320. The predicted octanol–water partition coefficient (Wildman–Crippen LogP) is 4.97. The van der Waals surface area contributed by atoms with Gasteiger partial charge >= 0.3 is 0 Å². The number of ketones is 1. The highest BCUT2D eigenvalue weighted by molar-refractivity contribution is 6.30. The number of nitrogens with zero attached hydrogens (tertiary/aromatic N) is 4. The summed E-state index contributed by atoms with van der Waals surface area (Å²) in [4.78, 5) is 27.2. The van der Waals surface area contributed by atoms with Crippen molar-refractivity contribution >= 4 is 40.5 Å². The molecule has 5 rings (SSSR count). The third-order valence-electron chi connectivity index (χ3n) is 6.12. The maximum Gasteiger partial charge on any atom is 0.227 e. The van der Waals surface area contributed by atoms with E-state index in [-0.39, 0.29) is 11.7 Å². The largest absolute Gasteiger partial charge is 0.368 e. The van der Waals surface area contributed by atoms with Crippen LogP contribution in [0.25, 0.3) is 0 Å². The summed E-state index contributed by atoms with van der Waals surface area (Å²) in [5.41, 5.74) is 3.56. The topological polar surface area (TPSA) is 61.4 Å². The second-order valence-electron chi connectivity index (χ2n) is 8.57. The molecule has 7 heteroatoms. The second kappa shape index (κ2) is 8.79. The number of rotatable bonds is 4. The molecule has 3 aromatic rings. The molecule has 2 heterocycles. The van der Waals surface area contributed by atoms with Gasteiger partial charge < -0.3 is 15.1 Å². The lowest BCUT2D eigenvalue weighted by Crippen LogP contribution is -2.47. The van der Waals surface area contributed by atoms with Crippen LogP contribution >= 0.6 is 11.6 Å². The predicted molar refractivity (Wildman–Crippen MR) is 129 cm³/mol. The summed E-state index contributed by atoms with van der Waals surface area (Å²) in [5, 5.41) is 4.02. The number of hydrogen-bond acceptors (Lipinski definition) is 6. The fourth-order valence-electron chi connectivity index (χ4n) is 4.46. The number of benzene rings is 2. The number of carbonyl (C=O) groups is 1. The van der Waals surface area contributed by atoms with Crippen LogP contribution in [-0.2, 0) is 6.42 Å². The van der Waals surface area contributed by atoms with Gasteiger partial charge in [0.25, 0.3) is 0 Å². The summed E-state index contributed by atoms with van der Waals surface area (Å²) in [5.74, 6) is 1.68. The Labute approximate surface area is 193 Å². The molecule has 1 aromatic heterocycles. The van der Waals surface area contributed by atoms with Gasteiger partial charge in [-0.15, -0.1) is 0 Å². The number of Topliss-reactive ketones (excluding diaryl/α,β-unsaturated/α-hetero) is 1. The molecular weight excluding hydrogens is 422 g/mol. The molecule has 1 saturated heterocycles. The SMILES string of the molecule is CC1CC(=O)c2c(nc(N3CCN(c4ccccc4)CC3)nc2Nc2ccc(Cl)cc2)C1. The number of carbonyl (C=O) groups excluding carboxylic acids is 1. The van der Waals surface area contributed by atoms with E-state index in [9.17, 15) is 4.79 Å². The first kappa shape index (κ1) is 20.8. The number of para-hydroxylation sites is 1. The first-order chi connectivity index (χ1) is 15.6. The van der Waals surface area contributed by atoms with Crippen molar-refractivity contribution in [1.82, 2.24) is 9.97 Å². The van der Waals surface area contributed by atoms with Crippen LogP contribution in [0, 0.1) is 5.92 Å². The molecule has 0 bridgehead atoms. The van der Waals surface area contributed by atoms with Crippen LogP contribution in [0.4, 0.5) is 23.1 Å². The summed E-state index contributed by atoms with van der Waals surface area (Å²) in [7, 11) is 0. The Morgan fingerprint density at radius 3 is 2.31 bits per heavy atom. The van der Waals surface area contributed by atoms with E-state index in [2.05, 4.69) is 46.3 Å². The molecule has 0 spiro atoms. The van der Waals surface area contributed by atoms with Crippen LogP contribution in [0.1, 0.15) is 29.4 Å². The summed E-state index contributed by atoms with van der Waals surface area (Å²) in [6.07, 6.45) is 1.32. The molecule has 1 aliphatic carbocycles. The molecule has 2 aromatic carbocycles. The van der Waals surface area contributed by atoms with Gasteiger partial charge in [-0.25, -0.2) is 4.98 Å². The van der Waals surface area contributed by atoms with Crippen molar-refractivity contribution in [2.45, 2.75) is 19.8 Å². The first-order valence-corrected chi connectivity index (χ1v) is 11.5. The molecular formula is C25H26ClN5O. The van der Waals surface area contributed by atoms with Gasteiger partial charge in [-0.2, -0.15) is 4.98 Å². The molecule has 2 aliphatic rings. The maximum absolute atomic E-state index is 12.9. The number of hydrogen-bond donors (Lipinski definition) is 1. The molecule has 0 saturated carbocycles. The monoisotopic (exact) mass is 447 g/mol. The number of aromatic nitrogens is 2. The molecule has 0 radical (unpaired) electrons. The molecule has 6 nitrogen and oxygen atoms in total. The molecule has 0 amide bonds. The molecule has 32 heavy (non-hydrogen) atoms. The Balaban J connectivity index is 1.43. The van der Waals surface area contributed by atoms with E-state index < -0.39 is 0 Å². The Morgan fingerprint density at radius 2 is 1.59 bits per heavy atom. The van der Waals surface area contributed by atoms with Gasteiger partial charge in [0, 0.05) is 49.0 Å². The number of fused-ring (bicyclic) bond motifs is 1. The van der Waals surface area contributed by atoms with Crippen LogP contribution in [0.15, 0.2) is 54.6 Å². The van der Waals surface area contributed by atoms with Crippen molar-refractivity contribution in [2.75, 3.05) is 41.3 Å². The maximum atomic E-state index is 12.9. The molecule has 1 N–H and O–H groups in total. The van der Waals surface area contributed by atoms with Crippen LogP contribution in [0.3, 0.4) is 0 Å². The zero-order valence-electron chi connectivity index (χ0n) is 18.1. The van der Waals surface area contributed by atoms with Crippen molar-refractivity contribution in [2.24, 2.45) is 5.92 Å². The smallest absolute Gasteiger partial charge is 0.227 e. The van der Waals surface area contributed by atoms with Crippen molar-refractivity contribution < 1.29 is 4.79 Å². The quantitative estimate of drug-likeness (QED) is 0.609. The van der Waals surface area contributed by atoms with E-state index in [1.165, 1.54) is 5.69 Å². The number of nitrogens with one attached hydrogen (secondary N) is 1. The Kier molecular flexibility index (Phi) is 5.70. The van der Waals surface area contributed by atoms with E-state index in [0.717, 1.165) is 44.0 Å². The molecule has 1 aliphatic heterocycles. The highest BCUT2D eigenvalue weighted by atomic mass is 35.5. The summed E-state index contributed by atoms with van der Waals surface area (Å²) < 4.78 is 0. The number of halogens is 1. The van der Waals surface area contributed by atoms with E-state index in [1.54, 1.807) is 0 Å². The zero-order valence-corrected chi connectivity index (χ0v) is 18.8. The Morgan fingerprint density at radius 1 is 0.906 bits per heavy atom. The van der Waals surface area contributed by atoms with Gasteiger partial charge in [0.1, 0.15) is 5.82 Å². The molecule has 1 unspecified atom stereocenters. The summed E-state index contributed by atoms with van der Waals surface area (Å²) in [6.45, 7) is 5.57. The third-order valence-corrected chi connectivity index (χ3v) is 6.37. The van der Waals surface area contributed by atoms with Gasteiger partial charge in [0.15, 0.2) is 5.78 Å². The van der Waals surface area contributed by atoms with Gasteiger partial charge in [-0.3, -0.25) is 4.79 Å². The molecule has 164 valence electrons. The van der Waals surface area contributed by atoms with Gasteiger partial charge in [0.2, 0.25) is 5.95 Å². The summed E-state index contributed by atoms with van der Waals surface area (Å²) >= 11 is 6.03. The normalized spacial score (nSPS) is 18.4. The van der Waals surface area contributed by atoms with E-state index >= 15 is 0 Å². The number of anilines is 4. The lowest BCUT2D eigenvalue weighted by molar-refractivity contribution is 0.0952. The summed E-state index contributed by atoms with van der Waals surface area (Å²) in [6, 6.07) is 17.9. The highest BCUT2D eigenvalue weighted by Gasteiger charge is 2.30. The fourth-order valence-corrected chi connectivity index (χ4v) is 4.59. The van der Waals surface area contributed by atoms with Crippen LogP contribution < -0.4 is 15.1 Å². The van der Waals surface area contributed by atoms with Crippen molar-refractivity contribution in [3.05, 3.63) is 70.9 Å². The Bertz CT molecular complexity index is 1110. The second-order valence-corrected chi connectivity index (χ2v) is 9.01. The lowest BCUT2D eigenvalue weighted by Gasteiger charge is -2.36. The molecule has 1 fully saturated rings. The van der Waals surface area contributed by atoms with Crippen molar-refractivity contribution in [3.63, 3.8) is 0 Å². The van der Waals surface area contributed by atoms with Gasteiger partial charge in [-0.1, -0.05) is 36.7 Å². The van der Waals surface area contributed by atoms with Crippen LogP contribution in [-0.4, -0.2) is 41.9 Å². The highest BCUT2D eigenvalue weighted by Crippen LogP contribution is 2.32. The zero-order chi connectivity index (χ0) is 22.1. The van der Waals surface area contributed by atoms with Crippen LogP contribution in [0.2, 0.25) is 5.02 Å². The minimum atomic E-state index is 0.107. The minimum Gasteiger partial charge on any atom is -0.368 e. The number of piperazine rings is 1. The van der Waals surface area contributed by atoms with E-state index in [4.69, 9.17) is 21.6 Å². The van der Waals surface area contributed by atoms with Gasteiger partial charge in [0.05, 0.1) is 11.3 Å². The Hall–Kier alpha value is -3.12. The van der Waals surface area contributed by atoms with E-state index in [0.29, 0.717) is 28.8 Å². The standard InChI is InChI=1S/C25H26ClN5O/c1-17-15-21-23(22(32)16-17)24(27-19-9-7-18(26)8-10-19)29-25(28-21)31-13-11-30(12-14-31)20-5-3-2-4-6-20/h2-10,17H,11-16H2,1H3,(H,27,28,29). The van der Waals surface area contributed by atoms with Crippen molar-refractivity contribution in [3.8, 4) is 0 Å². The van der Waals surface area contributed by atoms with Crippen LogP contribution in [0.5, 0.6) is 0 Å². The minimum absolute atomic E-state index is 0.107. The first-order valence-electron chi connectivity index (χ1n) is 11.1. The van der Waals surface area contributed by atoms with E-state index in [1.807, 2.05) is 30.3 Å². The van der Waals surface area contributed by atoms with Crippen molar-refractivity contribution in [1.29, 1.82) is 0 Å². The van der Waals surface area contributed by atoms with Gasteiger partial charge in [-0.05, 0) is 48.7 Å². The third kappa shape index (κ3) is 4.28. The lowest BCUT2D eigenvalue weighted by atomic mass is 9.87. The average Bonchev–Trinajstić information content (AvgIpc) is 2.80. The molecule has 1 atom stereocenters. The average molecular weight is 448 g/mol.